The van der Waals surface area contributed by atoms with Crippen LogP contribution in [-0.4, -0.2) is 22.1 Å². The van der Waals surface area contributed by atoms with Crippen LogP contribution in [0.25, 0.3) is 10.9 Å². The van der Waals surface area contributed by atoms with Crippen LogP contribution in [0.3, 0.4) is 0 Å². The van der Waals surface area contributed by atoms with E-state index >= 15 is 0 Å². The van der Waals surface area contributed by atoms with E-state index in [0.29, 0.717) is 19.3 Å². The monoisotopic (exact) mass is 320 g/mol. The molecule has 2 unspecified atom stereocenters. The molecule has 1 aliphatic carbocycles. The Balaban J connectivity index is 1.42. The van der Waals surface area contributed by atoms with Crippen molar-refractivity contribution in [3.8, 4) is 0 Å². The summed E-state index contributed by atoms with van der Waals surface area (Å²) in [6.45, 7) is 0. The van der Waals surface area contributed by atoms with Crippen molar-refractivity contribution in [1.29, 1.82) is 0 Å². The zero-order chi connectivity index (χ0) is 16.5. The van der Waals surface area contributed by atoms with Crippen molar-refractivity contribution in [2.24, 2.45) is 0 Å². The number of hydrogen-bond acceptors (Lipinski definition) is 2. The van der Waals surface area contributed by atoms with Gasteiger partial charge in [-0.25, -0.2) is 0 Å². The highest BCUT2D eigenvalue weighted by atomic mass is 16.3. The normalized spacial score (nSPS) is 19.4. The van der Waals surface area contributed by atoms with Crippen LogP contribution in [0.5, 0.6) is 0 Å². The maximum Gasteiger partial charge on any atom is 0.220 e. The molecular weight excluding hydrogens is 300 g/mol. The minimum atomic E-state index is -0.542. The fourth-order valence-electron chi connectivity index (χ4n) is 3.58. The largest absolute Gasteiger partial charge is 0.390 e. The van der Waals surface area contributed by atoms with Crippen molar-refractivity contribution in [3.63, 3.8) is 0 Å². The second-order valence-electron chi connectivity index (χ2n) is 6.37. The van der Waals surface area contributed by atoms with Crippen LogP contribution in [0.4, 0.5) is 0 Å². The number of aromatic nitrogens is 1. The van der Waals surface area contributed by atoms with E-state index in [1.165, 1.54) is 0 Å². The summed E-state index contributed by atoms with van der Waals surface area (Å²) in [5, 5.41) is 14.4. The topological polar surface area (TPSA) is 65.1 Å². The zero-order valence-electron chi connectivity index (χ0n) is 13.3. The first kappa shape index (κ1) is 15.0. The molecule has 0 aliphatic heterocycles. The Hall–Kier alpha value is -2.59. The summed E-state index contributed by atoms with van der Waals surface area (Å²) in [7, 11) is 0. The predicted octanol–water partition coefficient (Wildman–Crippen LogP) is 2.88. The van der Waals surface area contributed by atoms with Gasteiger partial charge in [0.1, 0.15) is 0 Å². The Morgan fingerprint density at radius 3 is 2.88 bits per heavy atom. The first-order valence-corrected chi connectivity index (χ1v) is 8.32. The molecule has 0 bridgehead atoms. The molecular formula is C20H20N2O2. The summed E-state index contributed by atoms with van der Waals surface area (Å²) in [5.41, 5.74) is 4.39. The average molecular weight is 320 g/mol. The summed E-state index contributed by atoms with van der Waals surface area (Å²) < 4.78 is 0. The van der Waals surface area contributed by atoms with Crippen LogP contribution in [0.1, 0.15) is 29.2 Å². The molecule has 0 radical (unpaired) electrons. The number of carbonyl (C=O) groups is 1. The van der Waals surface area contributed by atoms with Gasteiger partial charge in [0.25, 0.3) is 0 Å². The predicted molar refractivity (Wildman–Crippen MR) is 93.7 cm³/mol. The minimum absolute atomic E-state index is 0.0268. The van der Waals surface area contributed by atoms with Gasteiger partial charge in [-0.2, -0.15) is 0 Å². The van der Waals surface area contributed by atoms with E-state index in [0.717, 1.165) is 27.6 Å². The van der Waals surface area contributed by atoms with Crippen LogP contribution in [0.15, 0.2) is 54.7 Å². The van der Waals surface area contributed by atoms with E-state index in [1.54, 1.807) is 0 Å². The van der Waals surface area contributed by atoms with Crippen LogP contribution in [0.2, 0.25) is 0 Å². The number of benzene rings is 2. The van der Waals surface area contributed by atoms with E-state index < -0.39 is 6.10 Å². The first-order valence-electron chi connectivity index (χ1n) is 8.32. The van der Waals surface area contributed by atoms with Crippen molar-refractivity contribution in [2.75, 3.05) is 0 Å². The lowest BCUT2D eigenvalue weighted by Gasteiger charge is -2.18. The smallest absolute Gasteiger partial charge is 0.220 e. The maximum atomic E-state index is 12.4. The van der Waals surface area contributed by atoms with Gasteiger partial charge in [0.2, 0.25) is 5.91 Å². The third kappa shape index (κ3) is 2.69. The number of aryl methyl sites for hydroxylation is 1. The molecule has 0 saturated heterocycles. The Morgan fingerprint density at radius 1 is 1.17 bits per heavy atom. The van der Waals surface area contributed by atoms with Gasteiger partial charge >= 0.3 is 0 Å². The molecule has 1 heterocycles. The Morgan fingerprint density at radius 2 is 1.96 bits per heavy atom. The lowest BCUT2D eigenvalue weighted by atomic mass is 10.1. The van der Waals surface area contributed by atoms with Crippen molar-refractivity contribution >= 4 is 16.8 Å². The second kappa shape index (κ2) is 6.13. The quantitative estimate of drug-likeness (QED) is 0.692. The molecule has 0 saturated carbocycles. The van der Waals surface area contributed by atoms with Gasteiger partial charge in [-0.15, -0.1) is 0 Å². The number of nitrogens with one attached hydrogen (secondary N) is 2. The van der Waals surface area contributed by atoms with Crippen LogP contribution < -0.4 is 5.32 Å². The number of aromatic amines is 1. The standard InChI is InChI=1S/C20H20N2O2/c23-18-11-13-5-1-2-7-16(13)20(18)22-19(24)10-9-14-12-21-17-8-4-3-6-15(14)17/h1-8,12,18,20-21,23H,9-11H2,(H,22,24). The molecule has 1 aromatic heterocycles. The molecule has 122 valence electrons. The zero-order valence-corrected chi connectivity index (χ0v) is 13.3. The van der Waals surface area contributed by atoms with Gasteiger partial charge in [-0.3, -0.25) is 4.79 Å². The summed E-state index contributed by atoms with van der Waals surface area (Å²) >= 11 is 0. The minimum Gasteiger partial charge on any atom is -0.390 e. The van der Waals surface area contributed by atoms with Crippen LogP contribution >= 0.6 is 0 Å². The van der Waals surface area contributed by atoms with Crippen molar-refractivity contribution in [2.45, 2.75) is 31.4 Å². The Bertz CT molecular complexity index is 884. The molecule has 3 aromatic rings. The molecule has 1 aliphatic rings. The van der Waals surface area contributed by atoms with E-state index in [9.17, 15) is 9.90 Å². The lowest BCUT2D eigenvalue weighted by Crippen LogP contribution is -2.33. The number of aliphatic hydroxyl groups is 1. The molecule has 0 spiro atoms. The number of amides is 1. The summed E-state index contributed by atoms with van der Waals surface area (Å²) in [6.07, 6.45) is 3.12. The van der Waals surface area contributed by atoms with Crippen molar-refractivity contribution < 1.29 is 9.90 Å². The summed E-state index contributed by atoms with van der Waals surface area (Å²) in [5.74, 6) is -0.0268. The molecule has 2 aromatic carbocycles. The van der Waals surface area contributed by atoms with E-state index in [2.05, 4.69) is 16.4 Å². The number of hydrogen-bond donors (Lipinski definition) is 3. The molecule has 4 heteroatoms. The fourth-order valence-corrected chi connectivity index (χ4v) is 3.58. The second-order valence-corrected chi connectivity index (χ2v) is 6.37. The molecule has 0 fully saturated rings. The highest BCUT2D eigenvalue weighted by Crippen LogP contribution is 2.31. The van der Waals surface area contributed by atoms with Gasteiger partial charge in [0.15, 0.2) is 0 Å². The van der Waals surface area contributed by atoms with Gasteiger partial charge in [0, 0.05) is 29.9 Å². The number of H-pyrrole nitrogens is 1. The maximum absolute atomic E-state index is 12.4. The van der Waals surface area contributed by atoms with Gasteiger partial charge in [0.05, 0.1) is 12.1 Å². The molecule has 4 nitrogen and oxygen atoms in total. The number of aliphatic hydroxyl groups excluding tert-OH is 1. The number of para-hydroxylation sites is 1. The van der Waals surface area contributed by atoms with E-state index in [1.807, 2.05) is 48.7 Å². The van der Waals surface area contributed by atoms with Gasteiger partial charge in [-0.05, 0) is 29.2 Å². The van der Waals surface area contributed by atoms with Gasteiger partial charge in [-0.1, -0.05) is 42.5 Å². The highest BCUT2D eigenvalue weighted by Gasteiger charge is 2.31. The summed E-state index contributed by atoms with van der Waals surface area (Å²) in [6, 6.07) is 15.7. The molecule has 2 atom stereocenters. The van der Waals surface area contributed by atoms with E-state index in [-0.39, 0.29) is 11.9 Å². The van der Waals surface area contributed by atoms with Gasteiger partial charge < -0.3 is 15.4 Å². The lowest BCUT2D eigenvalue weighted by molar-refractivity contribution is -0.122. The van der Waals surface area contributed by atoms with E-state index in [4.69, 9.17) is 0 Å². The van der Waals surface area contributed by atoms with Crippen molar-refractivity contribution in [3.05, 3.63) is 71.4 Å². The van der Waals surface area contributed by atoms with Crippen LogP contribution in [0, 0.1) is 0 Å². The number of fused-ring (bicyclic) bond motifs is 2. The molecule has 1 amide bonds. The average Bonchev–Trinajstić information content (AvgIpc) is 3.15. The third-order valence-electron chi connectivity index (χ3n) is 4.82. The molecule has 3 N–H and O–H groups in total. The third-order valence-corrected chi connectivity index (χ3v) is 4.82. The summed E-state index contributed by atoms with van der Waals surface area (Å²) in [4.78, 5) is 15.6. The Kier molecular flexibility index (Phi) is 3.82. The highest BCUT2D eigenvalue weighted by molar-refractivity contribution is 5.84. The van der Waals surface area contributed by atoms with Crippen molar-refractivity contribution in [1.82, 2.24) is 10.3 Å². The SMILES string of the molecule is O=C(CCc1c[nH]c2ccccc12)NC1c2ccccc2CC1O. The number of carbonyl (C=O) groups excluding carboxylic acids is 1. The fraction of sp³-hybridized carbons (Fsp3) is 0.250. The molecule has 24 heavy (non-hydrogen) atoms. The molecule has 4 rings (SSSR count). The van der Waals surface area contributed by atoms with Crippen LogP contribution in [-0.2, 0) is 17.6 Å². The number of rotatable bonds is 4. The first-order chi connectivity index (χ1) is 11.7. The Labute approximate surface area is 140 Å².